The molecular formula is C21H21NO7. The summed E-state index contributed by atoms with van der Waals surface area (Å²) < 4.78 is 15.9. The Morgan fingerprint density at radius 1 is 1.21 bits per heavy atom. The van der Waals surface area contributed by atoms with Crippen LogP contribution in [0.4, 0.5) is 0 Å². The molecule has 1 unspecified atom stereocenters. The van der Waals surface area contributed by atoms with Gasteiger partial charge in [-0.15, -0.1) is 0 Å². The minimum absolute atomic E-state index is 0.0505. The smallest absolute Gasteiger partial charge is 0.337 e. The molecule has 2 aliphatic rings. The Hall–Kier alpha value is -3.42. The number of amides is 1. The first kappa shape index (κ1) is 20.3. The lowest BCUT2D eigenvalue weighted by molar-refractivity contribution is -0.166. The van der Waals surface area contributed by atoms with Crippen molar-refractivity contribution in [3.8, 4) is 0 Å². The molecule has 8 heteroatoms. The fourth-order valence-corrected chi connectivity index (χ4v) is 3.08. The molecule has 2 fully saturated rings. The van der Waals surface area contributed by atoms with Gasteiger partial charge in [0.15, 0.2) is 12.3 Å². The van der Waals surface area contributed by atoms with Gasteiger partial charge in [-0.05, 0) is 12.0 Å². The van der Waals surface area contributed by atoms with E-state index in [0.717, 1.165) is 5.56 Å². The average molecular weight is 399 g/mol. The lowest BCUT2D eigenvalue weighted by atomic mass is 10.0. The lowest BCUT2D eigenvalue weighted by Gasteiger charge is -2.33. The first-order chi connectivity index (χ1) is 14.0. The van der Waals surface area contributed by atoms with Crippen LogP contribution in [-0.4, -0.2) is 47.9 Å². The number of hydrogen-bond acceptors (Lipinski definition) is 7. The second-order valence-corrected chi connectivity index (χ2v) is 6.56. The van der Waals surface area contributed by atoms with Crippen LogP contribution in [0, 0.1) is 0 Å². The maximum atomic E-state index is 12.7. The number of carbonyl (C=O) groups excluding carboxylic acids is 4. The number of benzene rings is 1. The van der Waals surface area contributed by atoms with Gasteiger partial charge in [0.05, 0.1) is 6.42 Å². The van der Waals surface area contributed by atoms with Gasteiger partial charge < -0.3 is 14.2 Å². The number of rotatable bonds is 8. The highest BCUT2D eigenvalue weighted by Crippen LogP contribution is 2.38. The maximum Gasteiger partial charge on any atom is 0.337 e. The number of β-lactam (4-membered cyclic amide) rings is 1. The largest absolute Gasteiger partial charge is 0.471 e. The Morgan fingerprint density at radius 2 is 1.97 bits per heavy atom. The number of fused-ring (bicyclic) bond motifs is 1. The van der Waals surface area contributed by atoms with Gasteiger partial charge in [-0.2, -0.15) is 0 Å². The van der Waals surface area contributed by atoms with Crippen LogP contribution < -0.4 is 0 Å². The predicted molar refractivity (Wildman–Crippen MR) is 99.8 cm³/mol. The summed E-state index contributed by atoms with van der Waals surface area (Å²) >= 11 is 0. The topological polar surface area (TPSA) is 99.2 Å². The average Bonchev–Trinajstić information content (AvgIpc) is 3.02. The monoisotopic (exact) mass is 399 g/mol. The van der Waals surface area contributed by atoms with Crippen LogP contribution in [0.5, 0.6) is 0 Å². The third-order valence-corrected chi connectivity index (χ3v) is 4.53. The first-order valence-corrected chi connectivity index (χ1v) is 9.16. The number of ether oxygens (including phenoxy) is 3. The summed E-state index contributed by atoms with van der Waals surface area (Å²) in [7, 11) is 0. The zero-order valence-electron chi connectivity index (χ0n) is 15.9. The van der Waals surface area contributed by atoms with Gasteiger partial charge >= 0.3 is 11.9 Å². The molecule has 2 aliphatic heterocycles. The maximum absolute atomic E-state index is 12.7. The summed E-state index contributed by atoms with van der Waals surface area (Å²) in [6.45, 7) is 1.42. The van der Waals surface area contributed by atoms with Crippen LogP contribution in [0.3, 0.4) is 0 Å². The van der Waals surface area contributed by atoms with Crippen molar-refractivity contribution in [2.75, 3.05) is 6.61 Å². The number of aldehydes is 1. The Morgan fingerprint density at radius 3 is 2.62 bits per heavy atom. The van der Waals surface area contributed by atoms with Crippen molar-refractivity contribution in [3.63, 3.8) is 0 Å². The van der Waals surface area contributed by atoms with Gasteiger partial charge in [0.25, 0.3) is 0 Å². The third-order valence-electron chi connectivity index (χ3n) is 4.53. The molecule has 1 amide bonds. The van der Waals surface area contributed by atoms with E-state index in [1.807, 2.05) is 30.3 Å². The van der Waals surface area contributed by atoms with Crippen molar-refractivity contribution >= 4 is 24.1 Å². The Labute approximate surface area is 167 Å². The Kier molecular flexibility index (Phi) is 6.43. The lowest BCUT2D eigenvalue weighted by Crippen LogP contribution is -2.55. The van der Waals surface area contributed by atoms with E-state index in [9.17, 15) is 19.2 Å². The predicted octanol–water partition coefficient (Wildman–Crippen LogP) is 1.65. The molecular weight excluding hydrogens is 378 g/mol. The molecule has 2 saturated heterocycles. The van der Waals surface area contributed by atoms with Crippen molar-refractivity contribution in [2.24, 2.45) is 0 Å². The third kappa shape index (κ3) is 4.71. The highest BCUT2D eigenvalue weighted by molar-refractivity contribution is 5.93. The van der Waals surface area contributed by atoms with E-state index in [1.54, 1.807) is 12.2 Å². The summed E-state index contributed by atoms with van der Waals surface area (Å²) in [5.74, 6) is -1.16. The van der Waals surface area contributed by atoms with Crippen LogP contribution in [0.1, 0.15) is 25.3 Å². The molecule has 2 heterocycles. The van der Waals surface area contributed by atoms with Crippen molar-refractivity contribution in [1.82, 2.24) is 4.90 Å². The van der Waals surface area contributed by atoms with Gasteiger partial charge in [-0.1, -0.05) is 42.5 Å². The summed E-state index contributed by atoms with van der Waals surface area (Å²) in [6, 6.07) is 8.07. The zero-order chi connectivity index (χ0) is 20.8. The molecule has 8 nitrogen and oxygen atoms in total. The summed E-state index contributed by atoms with van der Waals surface area (Å²) in [6.07, 6.45) is 3.57. The van der Waals surface area contributed by atoms with E-state index < -0.39 is 24.2 Å². The number of allylic oxidation sites excluding steroid dienone is 2. The SMILES string of the molecule is CC(=O)OCC=CCC(C=O)=C1O[C@@H]2CC(=O)N2C1C(=O)OCc1ccccc1. The number of carbonyl (C=O) groups is 4. The quantitative estimate of drug-likeness (QED) is 0.215. The molecule has 1 aromatic carbocycles. The van der Waals surface area contributed by atoms with E-state index in [-0.39, 0.29) is 43.3 Å². The van der Waals surface area contributed by atoms with E-state index >= 15 is 0 Å². The van der Waals surface area contributed by atoms with Crippen molar-refractivity contribution in [1.29, 1.82) is 0 Å². The number of hydrogen-bond donors (Lipinski definition) is 0. The molecule has 29 heavy (non-hydrogen) atoms. The van der Waals surface area contributed by atoms with Crippen LogP contribution >= 0.6 is 0 Å². The summed E-state index contributed by atoms with van der Waals surface area (Å²) in [4.78, 5) is 48.4. The van der Waals surface area contributed by atoms with Gasteiger partial charge in [-0.25, -0.2) is 4.79 Å². The molecule has 3 rings (SSSR count). The molecule has 0 N–H and O–H groups in total. The Balaban J connectivity index is 1.73. The normalized spacial score (nSPS) is 21.8. The molecule has 0 bridgehead atoms. The molecule has 0 aliphatic carbocycles. The first-order valence-electron chi connectivity index (χ1n) is 9.16. The molecule has 1 aromatic rings. The fourth-order valence-electron chi connectivity index (χ4n) is 3.08. The number of nitrogens with zero attached hydrogens (tertiary/aromatic N) is 1. The van der Waals surface area contributed by atoms with E-state index in [1.165, 1.54) is 11.8 Å². The van der Waals surface area contributed by atoms with E-state index in [4.69, 9.17) is 14.2 Å². The zero-order valence-corrected chi connectivity index (χ0v) is 15.9. The van der Waals surface area contributed by atoms with Gasteiger partial charge in [0, 0.05) is 12.5 Å². The van der Waals surface area contributed by atoms with Crippen molar-refractivity contribution in [2.45, 2.75) is 38.6 Å². The van der Waals surface area contributed by atoms with Crippen LogP contribution in [0.15, 0.2) is 53.8 Å². The van der Waals surface area contributed by atoms with Crippen LogP contribution in [-0.2, 0) is 40.0 Å². The molecule has 152 valence electrons. The Bertz CT molecular complexity index is 859. The number of esters is 2. The molecule has 2 atom stereocenters. The summed E-state index contributed by atoms with van der Waals surface area (Å²) in [5, 5.41) is 0. The highest BCUT2D eigenvalue weighted by atomic mass is 16.6. The summed E-state index contributed by atoms with van der Waals surface area (Å²) in [5.41, 5.74) is 1.04. The molecule has 0 spiro atoms. The van der Waals surface area contributed by atoms with Crippen LogP contribution in [0.2, 0.25) is 0 Å². The highest BCUT2D eigenvalue weighted by Gasteiger charge is 2.55. The second kappa shape index (κ2) is 9.18. The van der Waals surface area contributed by atoms with Gasteiger partial charge in [0.2, 0.25) is 5.91 Å². The standard InChI is InChI=1S/C21H21NO7/c1-14(24)27-10-6-5-9-16(12-23)20-19(22-17(25)11-18(22)29-20)21(26)28-13-15-7-3-2-4-8-15/h2-8,12,18-19H,9-11,13H2,1H3/t18-,19?/m1/s1. The van der Waals surface area contributed by atoms with E-state index in [0.29, 0.717) is 6.29 Å². The van der Waals surface area contributed by atoms with Gasteiger partial charge in [-0.3, -0.25) is 19.3 Å². The van der Waals surface area contributed by atoms with Crippen molar-refractivity contribution in [3.05, 3.63) is 59.4 Å². The molecule has 0 saturated carbocycles. The minimum Gasteiger partial charge on any atom is -0.471 e. The molecule has 0 aromatic heterocycles. The van der Waals surface area contributed by atoms with E-state index in [2.05, 4.69) is 0 Å². The van der Waals surface area contributed by atoms with Crippen LogP contribution in [0.25, 0.3) is 0 Å². The van der Waals surface area contributed by atoms with Gasteiger partial charge in [0.1, 0.15) is 25.3 Å². The fraction of sp³-hybridized carbons (Fsp3) is 0.333. The minimum atomic E-state index is -1.08. The second-order valence-electron chi connectivity index (χ2n) is 6.56. The van der Waals surface area contributed by atoms with Crippen molar-refractivity contribution < 1.29 is 33.4 Å². The molecule has 0 radical (unpaired) electrons.